The molecule has 1 aromatic carbocycles. The molecule has 0 aliphatic heterocycles. The predicted octanol–water partition coefficient (Wildman–Crippen LogP) is 3.38. The zero-order valence-corrected chi connectivity index (χ0v) is 10.0. The second-order valence-corrected chi connectivity index (χ2v) is 4.54. The molecule has 0 saturated carbocycles. The van der Waals surface area contributed by atoms with Crippen molar-refractivity contribution in [3.8, 4) is 0 Å². The first kappa shape index (κ1) is 11.9. The van der Waals surface area contributed by atoms with Crippen molar-refractivity contribution >= 4 is 0 Å². The van der Waals surface area contributed by atoms with Crippen molar-refractivity contribution in [2.75, 3.05) is 0 Å². The summed E-state index contributed by atoms with van der Waals surface area (Å²) in [5, 5.41) is 10.0. The quantitative estimate of drug-likeness (QED) is 0.854. The van der Waals surface area contributed by atoms with E-state index < -0.39 is 0 Å². The molecule has 0 aliphatic carbocycles. The fourth-order valence-electron chi connectivity index (χ4n) is 2.09. The number of hydrogen-bond acceptors (Lipinski definition) is 2. The molecular formula is C15H18O2. The summed E-state index contributed by atoms with van der Waals surface area (Å²) in [5.74, 6) is 0.373. The van der Waals surface area contributed by atoms with Gasteiger partial charge in [-0.1, -0.05) is 37.3 Å². The Hall–Kier alpha value is -1.54. The summed E-state index contributed by atoms with van der Waals surface area (Å²) in [6.07, 6.45) is 4.45. The molecule has 0 bridgehead atoms. The molecule has 2 nitrogen and oxygen atoms in total. The van der Waals surface area contributed by atoms with E-state index in [0.29, 0.717) is 12.3 Å². The van der Waals surface area contributed by atoms with E-state index in [0.717, 1.165) is 12.0 Å². The molecule has 0 aliphatic rings. The number of benzene rings is 1. The van der Waals surface area contributed by atoms with Crippen LogP contribution in [0.4, 0.5) is 0 Å². The van der Waals surface area contributed by atoms with E-state index in [1.807, 2.05) is 24.3 Å². The standard InChI is InChI=1S/C15H18O2/c1-12(14-5-3-2-4-6-14)9-15(16)10-13-7-8-17-11-13/h2-8,11-12,15-16H,9-10H2,1H3. The van der Waals surface area contributed by atoms with Crippen molar-refractivity contribution in [2.24, 2.45) is 0 Å². The molecule has 0 amide bonds. The molecule has 0 saturated heterocycles. The van der Waals surface area contributed by atoms with Crippen LogP contribution in [0, 0.1) is 0 Å². The lowest BCUT2D eigenvalue weighted by molar-refractivity contribution is 0.157. The number of furan rings is 1. The Morgan fingerprint density at radius 1 is 1.18 bits per heavy atom. The van der Waals surface area contributed by atoms with Crippen LogP contribution in [-0.2, 0) is 6.42 Å². The highest BCUT2D eigenvalue weighted by Gasteiger charge is 2.12. The molecule has 1 heterocycles. The summed E-state index contributed by atoms with van der Waals surface area (Å²) in [7, 11) is 0. The van der Waals surface area contributed by atoms with E-state index in [4.69, 9.17) is 4.42 Å². The van der Waals surface area contributed by atoms with Gasteiger partial charge in [-0.2, -0.15) is 0 Å². The minimum Gasteiger partial charge on any atom is -0.472 e. The van der Waals surface area contributed by atoms with E-state index in [1.165, 1.54) is 5.56 Å². The second kappa shape index (κ2) is 5.69. The highest BCUT2D eigenvalue weighted by Crippen LogP contribution is 2.21. The molecule has 0 fully saturated rings. The van der Waals surface area contributed by atoms with Gasteiger partial charge in [0.1, 0.15) is 0 Å². The van der Waals surface area contributed by atoms with E-state index in [9.17, 15) is 5.11 Å². The molecule has 17 heavy (non-hydrogen) atoms. The number of rotatable bonds is 5. The maximum Gasteiger partial charge on any atom is 0.0935 e. The van der Waals surface area contributed by atoms with Crippen LogP contribution in [0.1, 0.15) is 30.4 Å². The number of aliphatic hydroxyl groups is 1. The van der Waals surface area contributed by atoms with Gasteiger partial charge in [0.25, 0.3) is 0 Å². The van der Waals surface area contributed by atoms with Gasteiger partial charge in [-0.3, -0.25) is 0 Å². The average Bonchev–Trinajstić information content (AvgIpc) is 2.82. The lowest BCUT2D eigenvalue weighted by Gasteiger charge is -2.16. The van der Waals surface area contributed by atoms with Crippen LogP contribution in [-0.4, -0.2) is 11.2 Å². The highest BCUT2D eigenvalue weighted by atomic mass is 16.3. The SMILES string of the molecule is CC(CC(O)Cc1ccoc1)c1ccccc1. The largest absolute Gasteiger partial charge is 0.472 e. The maximum atomic E-state index is 10.0. The van der Waals surface area contributed by atoms with Crippen molar-refractivity contribution in [3.63, 3.8) is 0 Å². The van der Waals surface area contributed by atoms with E-state index in [-0.39, 0.29) is 6.10 Å². The smallest absolute Gasteiger partial charge is 0.0935 e. The molecule has 2 unspecified atom stereocenters. The first-order chi connectivity index (χ1) is 8.25. The maximum absolute atomic E-state index is 10.0. The molecular weight excluding hydrogens is 212 g/mol. The van der Waals surface area contributed by atoms with Gasteiger partial charge < -0.3 is 9.52 Å². The summed E-state index contributed by atoms with van der Waals surface area (Å²) in [4.78, 5) is 0. The Labute approximate surface area is 102 Å². The minimum atomic E-state index is -0.317. The normalized spacial score (nSPS) is 14.5. The van der Waals surface area contributed by atoms with Crippen LogP contribution in [0.25, 0.3) is 0 Å². The van der Waals surface area contributed by atoms with Gasteiger partial charge >= 0.3 is 0 Å². The van der Waals surface area contributed by atoms with Gasteiger partial charge in [0, 0.05) is 6.42 Å². The Morgan fingerprint density at radius 2 is 1.94 bits per heavy atom. The van der Waals surface area contributed by atoms with E-state index in [2.05, 4.69) is 19.1 Å². The summed E-state index contributed by atoms with van der Waals surface area (Å²) >= 11 is 0. The number of aliphatic hydroxyl groups excluding tert-OH is 1. The van der Waals surface area contributed by atoms with Crippen LogP contribution < -0.4 is 0 Å². The van der Waals surface area contributed by atoms with E-state index >= 15 is 0 Å². The number of hydrogen-bond donors (Lipinski definition) is 1. The molecule has 0 radical (unpaired) electrons. The lowest BCUT2D eigenvalue weighted by atomic mass is 9.93. The first-order valence-corrected chi connectivity index (χ1v) is 6.00. The highest BCUT2D eigenvalue weighted by molar-refractivity contribution is 5.19. The van der Waals surface area contributed by atoms with Gasteiger partial charge in [0.15, 0.2) is 0 Å². The van der Waals surface area contributed by atoms with Crippen LogP contribution in [0.2, 0.25) is 0 Å². The zero-order valence-electron chi connectivity index (χ0n) is 10.0. The van der Waals surface area contributed by atoms with E-state index in [1.54, 1.807) is 12.5 Å². The third-order valence-electron chi connectivity index (χ3n) is 3.05. The van der Waals surface area contributed by atoms with Gasteiger partial charge in [-0.25, -0.2) is 0 Å². The fourth-order valence-corrected chi connectivity index (χ4v) is 2.09. The van der Waals surface area contributed by atoms with Crippen molar-refractivity contribution in [1.82, 2.24) is 0 Å². The van der Waals surface area contributed by atoms with Crippen LogP contribution in [0.5, 0.6) is 0 Å². The predicted molar refractivity (Wildman–Crippen MR) is 67.9 cm³/mol. The van der Waals surface area contributed by atoms with Crippen LogP contribution in [0.3, 0.4) is 0 Å². The van der Waals surface area contributed by atoms with Gasteiger partial charge in [0.2, 0.25) is 0 Å². The van der Waals surface area contributed by atoms with Crippen molar-refractivity contribution in [1.29, 1.82) is 0 Å². The summed E-state index contributed by atoms with van der Waals surface area (Å²) in [5.41, 5.74) is 2.33. The molecule has 0 spiro atoms. The van der Waals surface area contributed by atoms with Crippen molar-refractivity contribution < 1.29 is 9.52 Å². The zero-order chi connectivity index (χ0) is 12.1. The Bertz CT molecular complexity index is 419. The first-order valence-electron chi connectivity index (χ1n) is 6.00. The third kappa shape index (κ3) is 3.46. The molecule has 2 heteroatoms. The molecule has 90 valence electrons. The molecule has 2 aromatic rings. The summed E-state index contributed by atoms with van der Waals surface area (Å²) in [6.45, 7) is 2.15. The Balaban J connectivity index is 1.88. The average molecular weight is 230 g/mol. The summed E-state index contributed by atoms with van der Waals surface area (Å²) < 4.78 is 4.99. The molecule has 1 aromatic heterocycles. The summed E-state index contributed by atoms with van der Waals surface area (Å²) in [6, 6.07) is 12.2. The molecule has 2 atom stereocenters. The monoisotopic (exact) mass is 230 g/mol. The van der Waals surface area contributed by atoms with Gasteiger partial charge in [0.05, 0.1) is 18.6 Å². The minimum absolute atomic E-state index is 0.317. The van der Waals surface area contributed by atoms with Crippen LogP contribution >= 0.6 is 0 Å². The molecule has 2 rings (SSSR count). The Morgan fingerprint density at radius 3 is 2.59 bits per heavy atom. The lowest BCUT2D eigenvalue weighted by Crippen LogP contribution is -2.13. The third-order valence-corrected chi connectivity index (χ3v) is 3.05. The topological polar surface area (TPSA) is 33.4 Å². The Kier molecular flexibility index (Phi) is 3.99. The molecule has 1 N–H and O–H groups in total. The fraction of sp³-hybridized carbons (Fsp3) is 0.333. The van der Waals surface area contributed by atoms with Gasteiger partial charge in [-0.05, 0) is 29.5 Å². The van der Waals surface area contributed by atoms with Crippen molar-refractivity contribution in [2.45, 2.75) is 31.8 Å². The second-order valence-electron chi connectivity index (χ2n) is 4.54. The van der Waals surface area contributed by atoms with Crippen LogP contribution in [0.15, 0.2) is 53.3 Å². The van der Waals surface area contributed by atoms with Crippen molar-refractivity contribution in [3.05, 3.63) is 60.1 Å². The van der Waals surface area contributed by atoms with Gasteiger partial charge in [-0.15, -0.1) is 0 Å².